The van der Waals surface area contributed by atoms with Crippen molar-refractivity contribution in [1.82, 2.24) is 0 Å². The van der Waals surface area contributed by atoms with Gasteiger partial charge in [0, 0.05) is 5.56 Å². The van der Waals surface area contributed by atoms with E-state index in [1.807, 2.05) is 0 Å². The summed E-state index contributed by atoms with van der Waals surface area (Å²) < 4.78 is 57.1. The van der Waals surface area contributed by atoms with Crippen LogP contribution in [0.5, 0.6) is 5.75 Å². The molecule has 0 aliphatic rings. The average molecular weight is 280 g/mol. The molecule has 8 heteroatoms. The highest BCUT2D eigenvalue weighted by molar-refractivity contribution is 6.40. The Balaban J connectivity index is 2.95. The topological polar surface area (TPSA) is 52.6 Å². The molecule has 0 aliphatic heterocycles. The van der Waals surface area contributed by atoms with Gasteiger partial charge in [-0.2, -0.15) is 17.6 Å². The van der Waals surface area contributed by atoms with Crippen LogP contribution in [0.3, 0.4) is 0 Å². The Morgan fingerprint density at radius 3 is 2.42 bits per heavy atom. The van der Waals surface area contributed by atoms with Gasteiger partial charge >= 0.3 is 18.5 Å². The summed E-state index contributed by atoms with van der Waals surface area (Å²) in [5.74, 6) is -2.98. The second kappa shape index (κ2) is 5.68. The van der Waals surface area contributed by atoms with Gasteiger partial charge in [-0.25, -0.2) is 4.79 Å². The first-order chi connectivity index (χ1) is 8.77. The van der Waals surface area contributed by atoms with Gasteiger partial charge in [-0.15, -0.1) is 0 Å². The molecule has 0 aromatic heterocycles. The van der Waals surface area contributed by atoms with Gasteiger partial charge in [-0.1, -0.05) is 12.1 Å². The second-order valence-electron chi connectivity index (χ2n) is 3.31. The van der Waals surface area contributed by atoms with Gasteiger partial charge in [0.05, 0.1) is 7.11 Å². The standard InChI is InChI=1S/C11H8F4O4/c1-18-9(17)8(16)6-3-2-4-7(5-6)19-11(14,15)10(12)13/h2-5,10H,1H3. The zero-order valence-corrected chi connectivity index (χ0v) is 9.53. The van der Waals surface area contributed by atoms with Crippen LogP contribution in [0, 0.1) is 0 Å². The first-order valence-corrected chi connectivity index (χ1v) is 4.85. The van der Waals surface area contributed by atoms with Crippen molar-refractivity contribution in [1.29, 1.82) is 0 Å². The third kappa shape index (κ3) is 3.67. The summed E-state index contributed by atoms with van der Waals surface area (Å²) in [6.45, 7) is 0. The summed E-state index contributed by atoms with van der Waals surface area (Å²) >= 11 is 0. The molecule has 0 aliphatic carbocycles. The van der Waals surface area contributed by atoms with E-state index in [0.29, 0.717) is 0 Å². The number of hydrogen-bond acceptors (Lipinski definition) is 4. The van der Waals surface area contributed by atoms with E-state index in [9.17, 15) is 27.2 Å². The normalized spacial score (nSPS) is 11.3. The van der Waals surface area contributed by atoms with Crippen molar-refractivity contribution in [2.24, 2.45) is 0 Å². The molecule has 0 radical (unpaired) electrons. The van der Waals surface area contributed by atoms with Crippen LogP contribution < -0.4 is 4.74 Å². The van der Waals surface area contributed by atoms with E-state index >= 15 is 0 Å². The monoisotopic (exact) mass is 280 g/mol. The molecule has 0 atom stereocenters. The van der Waals surface area contributed by atoms with Crippen molar-refractivity contribution in [2.75, 3.05) is 7.11 Å². The minimum absolute atomic E-state index is 0.311. The van der Waals surface area contributed by atoms with Crippen molar-refractivity contribution in [2.45, 2.75) is 12.5 Å². The van der Waals surface area contributed by atoms with Gasteiger partial charge < -0.3 is 9.47 Å². The van der Waals surface area contributed by atoms with Gasteiger partial charge in [0.1, 0.15) is 5.75 Å². The summed E-state index contributed by atoms with van der Waals surface area (Å²) in [6.07, 6.45) is -8.71. The summed E-state index contributed by atoms with van der Waals surface area (Å²) in [5.41, 5.74) is -0.311. The molecule has 0 fully saturated rings. The zero-order chi connectivity index (χ0) is 14.6. The van der Waals surface area contributed by atoms with E-state index in [1.54, 1.807) is 0 Å². The van der Waals surface area contributed by atoms with Crippen molar-refractivity contribution >= 4 is 11.8 Å². The maximum absolute atomic E-state index is 12.6. The van der Waals surface area contributed by atoms with Gasteiger partial charge in [0.25, 0.3) is 5.78 Å². The number of methoxy groups -OCH3 is 1. The fourth-order valence-electron chi connectivity index (χ4n) is 1.11. The molecule has 4 nitrogen and oxygen atoms in total. The van der Waals surface area contributed by atoms with Crippen LogP contribution in [0.1, 0.15) is 10.4 Å². The van der Waals surface area contributed by atoms with Crippen molar-refractivity contribution in [3.8, 4) is 5.75 Å². The third-order valence-electron chi connectivity index (χ3n) is 1.97. The number of ketones is 1. The van der Waals surface area contributed by atoms with E-state index < -0.39 is 30.0 Å². The molecule has 1 aromatic carbocycles. The van der Waals surface area contributed by atoms with Crippen molar-refractivity contribution in [3.05, 3.63) is 29.8 Å². The molecule has 1 aromatic rings. The average Bonchev–Trinajstić information content (AvgIpc) is 2.36. The Labute approximate surface area is 104 Å². The molecule has 0 bridgehead atoms. The lowest BCUT2D eigenvalue weighted by Gasteiger charge is -2.16. The number of halogens is 4. The van der Waals surface area contributed by atoms with Crippen LogP contribution in [0.15, 0.2) is 24.3 Å². The van der Waals surface area contributed by atoms with E-state index in [0.717, 1.165) is 31.4 Å². The molecule has 0 spiro atoms. The Kier molecular flexibility index (Phi) is 4.47. The molecule has 0 N–H and O–H groups in total. The molecule has 0 unspecified atom stereocenters. The Hall–Kier alpha value is -2.12. The molecular formula is C11H8F4O4. The lowest BCUT2D eigenvalue weighted by atomic mass is 10.1. The maximum Gasteiger partial charge on any atom is 0.461 e. The quantitative estimate of drug-likeness (QED) is 0.359. The number of rotatable bonds is 5. The highest BCUT2D eigenvalue weighted by Gasteiger charge is 2.44. The second-order valence-corrected chi connectivity index (χ2v) is 3.31. The minimum Gasteiger partial charge on any atom is -0.463 e. The molecule has 104 valence electrons. The van der Waals surface area contributed by atoms with Gasteiger partial charge in [-0.05, 0) is 12.1 Å². The van der Waals surface area contributed by atoms with Crippen LogP contribution in [0.25, 0.3) is 0 Å². The number of benzene rings is 1. The minimum atomic E-state index is -4.69. The molecular weight excluding hydrogens is 272 g/mol. The summed E-state index contributed by atoms with van der Waals surface area (Å²) in [6, 6.07) is 3.93. The fourth-order valence-corrected chi connectivity index (χ4v) is 1.11. The summed E-state index contributed by atoms with van der Waals surface area (Å²) in [7, 11) is 0.964. The van der Waals surface area contributed by atoms with Crippen molar-refractivity contribution < 1.29 is 36.6 Å². The molecule has 0 amide bonds. The first kappa shape index (κ1) is 14.9. The lowest BCUT2D eigenvalue weighted by molar-refractivity contribution is -0.253. The van der Waals surface area contributed by atoms with Crippen LogP contribution in [0.2, 0.25) is 0 Å². The lowest BCUT2D eigenvalue weighted by Crippen LogP contribution is -2.33. The molecule has 19 heavy (non-hydrogen) atoms. The number of ether oxygens (including phenoxy) is 2. The zero-order valence-electron chi connectivity index (χ0n) is 9.53. The number of carbonyl (C=O) groups excluding carboxylic acids is 2. The van der Waals surface area contributed by atoms with Crippen molar-refractivity contribution in [3.63, 3.8) is 0 Å². The Morgan fingerprint density at radius 2 is 1.89 bits per heavy atom. The number of Topliss-reactive ketones (excluding diaryl/α,β-unsaturated/α-hetero) is 1. The number of hydrogen-bond donors (Lipinski definition) is 0. The summed E-state index contributed by atoms with van der Waals surface area (Å²) in [5, 5.41) is 0. The fraction of sp³-hybridized carbons (Fsp3) is 0.273. The Bertz CT molecular complexity index is 487. The van der Waals surface area contributed by atoms with Crippen LogP contribution >= 0.6 is 0 Å². The van der Waals surface area contributed by atoms with E-state index in [-0.39, 0.29) is 5.56 Å². The predicted molar refractivity (Wildman–Crippen MR) is 54.4 cm³/mol. The highest BCUT2D eigenvalue weighted by atomic mass is 19.3. The van der Waals surface area contributed by atoms with E-state index in [2.05, 4.69) is 9.47 Å². The maximum atomic E-state index is 12.6. The molecule has 0 heterocycles. The van der Waals surface area contributed by atoms with Gasteiger partial charge in [-0.3, -0.25) is 4.79 Å². The number of esters is 1. The van der Waals surface area contributed by atoms with Crippen LogP contribution in [-0.4, -0.2) is 31.4 Å². The van der Waals surface area contributed by atoms with Crippen LogP contribution in [-0.2, 0) is 9.53 Å². The highest BCUT2D eigenvalue weighted by Crippen LogP contribution is 2.27. The largest absolute Gasteiger partial charge is 0.463 e. The third-order valence-corrected chi connectivity index (χ3v) is 1.97. The van der Waals surface area contributed by atoms with Gasteiger partial charge in [0.15, 0.2) is 0 Å². The molecule has 0 saturated carbocycles. The molecule has 1 rings (SSSR count). The van der Waals surface area contributed by atoms with Crippen LogP contribution in [0.4, 0.5) is 17.6 Å². The number of alkyl halides is 4. The first-order valence-electron chi connectivity index (χ1n) is 4.85. The van der Waals surface area contributed by atoms with E-state index in [4.69, 9.17) is 0 Å². The predicted octanol–water partition coefficient (Wildman–Crippen LogP) is 2.28. The summed E-state index contributed by atoms with van der Waals surface area (Å²) in [4.78, 5) is 22.3. The Morgan fingerprint density at radius 1 is 1.26 bits per heavy atom. The van der Waals surface area contributed by atoms with Gasteiger partial charge in [0.2, 0.25) is 0 Å². The SMILES string of the molecule is COC(=O)C(=O)c1cccc(OC(F)(F)C(F)F)c1. The number of carbonyl (C=O) groups is 2. The smallest absolute Gasteiger partial charge is 0.461 e. The van der Waals surface area contributed by atoms with E-state index in [1.165, 1.54) is 0 Å². The molecule has 0 saturated heterocycles.